The topological polar surface area (TPSA) is 81.6 Å². The molecule has 2 aromatic heterocycles. The number of pyridine rings is 2. The molecule has 0 aliphatic carbocycles. The first-order chi connectivity index (χ1) is 13.0. The van der Waals surface area contributed by atoms with Crippen LogP contribution in [0.5, 0.6) is 0 Å². The second-order valence-electron chi connectivity index (χ2n) is 7.19. The zero-order valence-corrected chi connectivity index (χ0v) is 16.1. The quantitative estimate of drug-likeness (QED) is 0.777. The Balaban J connectivity index is 1.35. The van der Waals surface area contributed by atoms with Crippen LogP contribution in [-0.4, -0.2) is 54.1 Å². The Labute approximate surface area is 159 Å². The predicted molar refractivity (Wildman–Crippen MR) is 98.5 cm³/mol. The van der Waals surface area contributed by atoms with E-state index in [0.717, 1.165) is 17.8 Å². The van der Waals surface area contributed by atoms with Crippen molar-refractivity contribution in [2.45, 2.75) is 43.0 Å². The number of sulfonamides is 1. The van der Waals surface area contributed by atoms with E-state index in [4.69, 9.17) is 9.47 Å². The van der Waals surface area contributed by atoms with Crippen LogP contribution >= 0.6 is 0 Å². The molecular weight excluding hydrogens is 366 g/mol. The van der Waals surface area contributed by atoms with Gasteiger partial charge in [-0.3, -0.25) is 9.97 Å². The molecule has 2 fully saturated rings. The van der Waals surface area contributed by atoms with Gasteiger partial charge in [0.2, 0.25) is 10.0 Å². The van der Waals surface area contributed by atoms with Crippen LogP contribution in [0.3, 0.4) is 0 Å². The maximum Gasteiger partial charge on any atom is 0.244 e. The fourth-order valence-corrected chi connectivity index (χ4v) is 5.20. The van der Waals surface area contributed by atoms with E-state index in [0.29, 0.717) is 32.7 Å². The van der Waals surface area contributed by atoms with Crippen LogP contribution in [0, 0.1) is 6.92 Å². The Bertz CT molecular complexity index is 898. The second kappa shape index (κ2) is 7.27. The number of aryl methyl sites for hydroxylation is 1. The summed E-state index contributed by atoms with van der Waals surface area (Å²) in [5.41, 5.74) is 1.43. The fraction of sp³-hybridized carbons (Fsp3) is 0.474. The molecule has 0 unspecified atom stereocenters. The van der Waals surface area contributed by atoms with E-state index in [-0.39, 0.29) is 11.0 Å². The standard InChI is InChI=1S/C19H23N3O4S/c1-15-4-2-5-16(21-15)12-25-17-7-9-26-19(10-17)13-22(14-19)27(23,24)18-6-3-8-20-11-18/h2-6,8,11,17H,7,9-10,12-14H2,1H3/t17-/m0/s1. The van der Waals surface area contributed by atoms with E-state index in [9.17, 15) is 8.42 Å². The van der Waals surface area contributed by atoms with Crippen LogP contribution in [0.25, 0.3) is 0 Å². The molecule has 0 saturated carbocycles. The lowest BCUT2D eigenvalue weighted by Crippen LogP contribution is -2.67. The van der Waals surface area contributed by atoms with Crippen LogP contribution in [0.4, 0.5) is 0 Å². The average Bonchev–Trinajstić information content (AvgIpc) is 2.65. The highest BCUT2D eigenvalue weighted by molar-refractivity contribution is 7.89. The zero-order valence-electron chi connectivity index (χ0n) is 15.2. The van der Waals surface area contributed by atoms with Gasteiger partial charge >= 0.3 is 0 Å². The second-order valence-corrected chi connectivity index (χ2v) is 9.13. The van der Waals surface area contributed by atoms with Crippen molar-refractivity contribution in [2.24, 2.45) is 0 Å². The van der Waals surface area contributed by atoms with E-state index in [2.05, 4.69) is 9.97 Å². The number of hydrogen-bond donors (Lipinski definition) is 0. The highest BCUT2D eigenvalue weighted by Gasteiger charge is 2.52. The number of hydrogen-bond acceptors (Lipinski definition) is 6. The molecule has 8 heteroatoms. The molecule has 1 atom stereocenters. The lowest BCUT2D eigenvalue weighted by atomic mass is 9.86. The lowest BCUT2D eigenvalue weighted by molar-refractivity contribution is -0.180. The third kappa shape index (κ3) is 3.89. The number of rotatable bonds is 5. The lowest BCUT2D eigenvalue weighted by Gasteiger charge is -2.52. The molecule has 2 aliphatic heterocycles. The first-order valence-electron chi connectivity index (χ1n) is 9.05. The van der Waals surface area contributed by atoms with E-state index in [1.165, 1.54) is 10.5 Å². The molecule has 0 aromatic carbocycles. The van der Waals surface area contributed by atoms with Crippen LogP contribution in [-0.2, 0) is 26.1 Å². The summed E-state index contributed by atoms with van der Waals surface area (Å²) in [4.78, 5) is 8.58. The Morgan fingerprint density at radius 3 is 2.89 bits per heavy atom. The monoisotopic (exact) mass is 389 g/mol. The molecule has 4 heterocycles. The molecule has 2 saturated heterocycles. The summed E-state index contributed by atoms with van der Waals surface area (Å²) in [6.45, 7) is 3.70. The highest BCUT2D eigenvalue weighted by atomic mass is 32.2. The minimum absolute atomic E-state index is 0.0457. The molecule has 144 valence electrons. The van der Waals surface area contributed by atoms with E-state index >= 15 is 0 Å². The van der Waals surface area contributed by atoms with Crippen molar-refractivity contribution in [1.82, 2.24) is 14.3 Å². The van der Waals surface area contributed by atoms with Gasteiger partial charge in [0.25, 0.3) is 0 Å². The summed E-state index contributed by atoms with van der Waals surface area (Å²) in [6, 6.07) is 9.07. The average molecular weight is 389 g/mol. The molecule has 1 spiro atoms. The summed E-state index contributed by atoms with van der Waals surface area (Å²) in [5.74, 6) is 0. The van der Waals surface area contributed by atoms with Crippen LogP contribution in [0.1, 0.15) is 24.2 Å². The predicted octanol–water partition coefficient (Wildman–Crippen LogP) is 1.92. The Morgan fingerprint density at radius 1 is 1.30 bits per heavy atom. The van der Waals surface area contributed by atoms with Gasteiger partial charge in [-0.05, 0) is 37.6 Å². The molecular formula is C19H23N3O4S. The van der Waals surface area contributed by atoms with Gasteiger partial charge < -0.3 is 9.47 Å². The van der Waals surface area contributed by atoms with Gasteiger partial charge in [-0.2, -0.15) is 4.31 Å². The van der Waals surface area contributed by atoms with Gasteiger partial charge in [0.1, 0.15) is 4.90 Å². The van der Waals surface area contributed by atoms with E-state index in [1.807, 2.05) is 25.1 Å². The largest absolute Gasteiger partial charge is 0.372 e. The van der Waals surface area contributed by atoms with Crippen LogP contribution in [0.2, 0.25) is 0 Å². The molecule has 4 rings (SSSR count). The molecule has 0 N–H and O–H groups in total. The third-order valence-electron chi connectivity index (χ3n) is 5.06. The third-order valence-corrected chi connectivity index (χ3v) is 6.84. The van der Waals surface area contributed by atoms with Crippen molar-refractivity contribution in [3.8, 4) is 0 Å². The van der Waals surface area contributed by atoms with Gasteiger partial charge in [-0.15, -0.1) is 0 Å². The highest BCUT2D eigenvalue weighted by Crippen LogP contribution is 2.38. The summed E-state index contributed by atoms with van der Waals surface area (Å²) in [6.07, 6.45) is 4.49. The van der Waals surface area contributed by atoms with E-state index < -0.39 is 15.6 Å². The SMILES string of the molecule is Cc1cccc(CO[C@H]2CCOC3(C2)CN(S(=O)(=O)c2cccnc2)C3)n1. The molecule has 2 aliphatic rings. The van der Waals surface area contributed by atoms with Gasteiger partial charge in [0.05, 0.1) is 24.0 Å². The summed E-state index contributed by atoms with van der Waals surface area (Å²) in [7, 11) is -3.52. The molecule has 0 bridgehead atoms. The van der Waals surface area contributed by atoms with Gasteiger partial charge in [-0.25, -0.2) is 8.42 Å². The van der Waals surface area contributed by atoms with Crippen molar-refractivity contribution >= 4 is 10.0 Å². The van der Waals surface area contributed by atoms with Crippen molar-refractivity contribution < 1.29 is 17.9 Å². The molecule has 7 nitrogen and oxygen atoms in total. The van der Waals surface area contributed by atoms with Gasteiger partial charge in [0.15, 0.2) is 0 Å². The van der Waals surface area contributed by atoms with Crippen molar-refractivity contribution in [2.75, 3.05) is 19.7 Å². The first-order valence-corrected chi connectivity index (χ1v) is 10.5. The zero-order chi connectivity index (χ0) is 18.9. The fourth-order valence-electron chi connectivity index (χ4n) is 3.64. The molecule has 0 amide bonds. The molecule has 0 radical (unpaired) electrons. The summed E-state index contributed by atoms with van der Waals surface area (Å²) < 4.78 is 38.8. The number of nitrogens with zero attached hydrogens (tertiary/aromatic N) is 3. The van der Waals surface area contributed by atoms with Crippen molar-refractivity contribution in [3.63, 3.8) is 0 Å². The molecule has 2 aromatic rings. The summed E-state index contributed by atoms with van der Waals surface area (Å²) in [5, 5.41) is 0. The Kier molecular flexibility index (Phi) is 4.98. The minimum Gasteiger partial charge on any atom is -0.372 e. The maximum atomic E-state index is 12.7. The number of ether oxygens (including phenoxy) is 2. The van der Waals surface area contributed by atoms with Crippen LogP contribution in [0.15, 0.2) is 47.6 Å². The van der Waals surface area contributed by atoms with E-state index in [1.54, 1.807) is 18.3 Å². The minimum atomic E-state index is -3.52. The molecule has 27 heavy (non-hydrogen) atoms. The van der Waals surface area contributed by atoms with Crippen molar-refractivity contribution in [3.05, 3.63) is 54.1 Å². The van der Waals surface area contributed by atoms with Crippen molar-refractivity contribution in [1.29, 1.82) is 0 Å². The normalized spacial score (nSPS) is 22.5. The van der Waals surface area contributed by atoms with Gasteiger partial charge in [-0.1, -0.05) is 6.07 Å². The Hall–Kier alpha value is -1.87. The maximum absolute atomic E-state index is 12.7. The van der Waals surface area contributed by atoms with Gasteiger partial charge in [0, 0.05) is 44.2 Å². The smallest absolute Gasteiger partial charge is 0.244 e. The Morgan fingerprint density at radius 2 is 2.15 bits per heavy atom. The van der Waals surface area contributed by atoms with Crippen LogP contribution < -0.4 is 0 Å². The summed E-state index contributed by atoms with van der Waals surface area (Å²) >= 11 is 0. The first kappa shape index (κ1) is 18.5. The number of aromatic nitrogens is 2.